The number of nitrogens with zero attached hydrogens (tertiary/aromatic N) is 1. The van der Waals surface area contributed by atoms with Crippen LogP contribution in [0.1, 0.15) is 54.8 Å². The van der Waals surface area contributed by atoms with Gasteiger partial charge in [0.2, 0.25) is 0 Å². The molecule has 1 heterocycles. The predicted molar refractivity (Wildman–Crippen MR) is 78.0 cm³/mol. The van der Waals surface area contributed by atoms with E-state index in [9.17, 15) is 9.90 Å². The van der Waals surface area contributed by atoms with E-state index in [0.29, 0.717) is 5.56 Å². The average Bonchev–Trinajstić information content (AvgIpc) is 2.62. The van der Waals surface area contributed by atoms with E-state index in [1.165, 1.54) is 11.3 Å². The molecule has 2 aromatic rings. The van der Waals surface area contributed by atoms with E-state index in [2.05, 4.69) is 32.3 Å². The number of carboxylic acid groups (broad SMARTS) is 1. The van der Waals surface area contributed by atoms with Crippen molar-refractivity contribution in [1.29, 1.82) is 0 Å². The van der Waals surface area contributed by atoms with E-state index >= 15 is 0 Å². The monoisotopic (exact) mass is 259 g/mol. The van der Waals surface area contributed by atoms with Crippen molar-refractivity contribution >= 4 is 16.9 Å². The number of carboxylic acids is 1. The minimum atomic E-state index is -0.854. The molecule has 0 unspecified atom stereocenters. The highest BCUT2D eigenvalue weighted by Crippen LogP contribution is 2.32. The first kappa shape index (κ1) is 13.7. The fraction of sp³-hybridized carbons (Fsp3) is 0.438. The summed E-state index contributed by atoms with van der Waals surface area (Å²) in [5, 5.41) is 10.5. The minimum Gasteiger partial charge on any atom is -0.478 e. The molecule has 3 nitrogen and oxygen atoms in total. The molecule has 19 heavy (non-hydrogen) atoms. The Bertz CT molecular complexity index is 623. The molecular formula is C16H21NO2. The number of aryl methyl sites for hydroxylation is 1. The van der Waals surface area contributed by atoms with Crippen LogP contribution < -0.4 is 0 Å². The van der Waals surface area contributed by atoms with Crippen LogP contribution in [0.4, 0.5) is 0 Å². The molecule has 0 saturated carbocycles. The van der Waals surface area contributed by atoms with Gasteiger partial charge in [0.25, 0.3) is 0 Å². The number of carbonyl (C=O) groups is 1. The van der Waals surface area contributed by atoms with Gasteiger partial charge in [0.15, 0.2) is 0 Å². The molecule has 1 aromatic carbocycles. The van der Waals surface area contributed by atoms with Crippen LogP contribution in [0.15, 0.2) is 18.2 Å². The van der Waals surface area contributed by atoms with Gasteiger partial charge in [-0.2, -0.15) is 0 Å². The van der Waals surface area contributed by atoms with Gasteiger partial charge in [-0.1, -0.05) is 25.5 Å². The molecule has 0 bridgehead atoms. The molecular weight excluding hydrogens is 238 g/mol. The fourth-order valence-corrected chi connectivity index (χ4v) is 2.94. The number of hydrogen-bond donors (Lipinski definition) is 1. The molecule has 1 N–H and O–H groups in total. The molecule has 102 valence electrons. The van der Waals surface area contributed by atoms with Crippen molar-refractivity contribution < 1.29 is 9.90 Å². The Morgan fingerprint density at radius 3 is 2.58 bits per heavy atom. The summed E-state index contributed by atoms with van der Waals surface area (Å²) in [4.78, 5) is 11.5. The Kier molecular flexibility index (Phi) is 3.65. The van der Waals surface area contributed by atoms with Gasteiger partial charge in [-0.25, -0.2) is 4.79 Å². The Labute approximate surface area is 113 Å². The Hall–Kier alpha value is -1.77. The summed E-state index contributed by atoms with van der Waals surface area (Å²) in [6.07, 6.45) is 2.06. The maximum absolute atomic E-state index is 11.5. The molecule has 1 aromatic heterocycles. The lowest BCUT2D eigenvalue weighted by molar-refractivity contribution is 0.0698. The first-order valence-electron chi connectivity index (χ1n) is 6.84. The molecule has 0 spiro atoms. The van der Waals surface area contributed by atoms with Crippen molar-refractivity contribution in [3.8, 4) is 0 Å². The molecule has 0 atom stereocenters. The third-order valence-electron chi connectivity index (χ3n) is 3.65. The molecule has 0 aliphatic heterocycles. The van der Waals surface area contributed by atoms with Gasteiger partial charge >= 0.3 is 5.97 Å². The molecule has 0 radical (unpaired) electrons. The Balaban J connectivity index is 2.90. The van der Waals surface area contributed by atoms with Crippen LogP contribution >= 0.6 is 0 Å². The molecule has 0 aliphatic carbocycles. The Morgan fingerprint density at radius 2 is 2.05 bits per heavy atom. The van der Waals surface area contributed by atoms with Crippen LogP contribution in [0.25, 0.3) is 10.9 Å². The second kappa shape index (κ2) is 5.08. The van der Waals surface area contributed by atoms with Gasteiger partial charge < -0.3 is 9.67 Å². The second-order valence-electron chi connectivity index (χ2n) is 5.28. The van der Waals surface area contributed by atoms with Gasteiger partial charge in [0.05, 0.1) is 11.1 Å². The van der Waals surface area contributed by atoms with E-state index in [0.717, 1.165) is 23.7 Å². The largest absolute Gasteiger partial charge is 0.478 e. The molecule has 2 rings (SSSR count). The number of hydrogen-bond acceptors (Lipinski definition) is 1. The third kappa shape index (κ3) is 2.14. The maximum atomic E-state index is 11.5. The van der Waals surface area contributed by atoms with Gasteiger partial charge in [-0.15, -0.1) is 0 Å². The van der Waals surface area contributed by atoms with Gasteiger partial charge in [-0.05, 0) is 38.8 Å². The smallest absolute Gasteiger partial charge is 0.337 e. The summed E-state index contributed by atoms with van der Waals surface area (Å²) in [6.45, 7) is 8.44. The van der Waals surface area contributed by atoms with E-state index < -0.39 is 5.97 Å². The minimum absolute atomic E-state index is 0.258. The van der Waals surface area contributed by atoms with Crippen LogP contribution in [0.2, 0.25) is 0 Å². The highest BCUT2D eigenvalue weighted by atomic mass is 16.4. The van der Waals surface area contributed by atoms with Crippen LogP contribution in [-0.2, 0) is 6.42 Å². The zero-order valence-corrected chi connectivity index (χ0v) is 12.0. The number of fused-ring (bicyclic) bond motifs is 1. The van der Waals surface area contributed by atoms with Crippen molar-refractivity contribution in [3.63, 3.8) is 0 Å². The summed E-state index contributed by atoms with van der Waals surface area (Å²) in [7, 11) is 0. The topological polar surface area (TPSA) is 42.2 Å². The van der Waals surface area contributed by atoms with Crippen molar-refractivity contribution in [2.24, 2.45) is 0 Å². The summed E-state index contributed by atoms with van der Waals surface area (Å²) < 4.78 is 2.16. The molecule has 0 fully saturated rings. The first-order chi connectivity index (χ1) is 8.99. The lowest BCUT2D eigenvalue weighted by Crippen LogP contribution is -2.07. The zero-order chi connectivity index (χ0) is 14.2. The standard InChI is InChI=1S/C16H21NO2/c1-5-7-12-11(4)17(10(2)3)15-13(12)8-6-9-14(15)16(18)19/h6,8-10H,5,7H2,1-4H3,(H,18,19). The zero-order valence-electron chi connectivity index (χ0n) is 12.0. The lowest BCUT2D eigenvalue weighted by Gasteiger charge is -2.14. The number of benzene rings is 1. The van der Waals surface area contributed by atoms with Gasteiger partial charge in [0.1, 0.15) is 0 Å². The van der Waals surface area contributed by atoms with Gasteiger partial charge in [0, 0.05) is 17.1 Å². The van der Waals surface area contributed by atoms with Gasteiger partial charge in [-0.3, -0.25) is 0 Å². The normalized spacial score (nSPS) is 11.4. The highest BCUT2D eigenvalue weighted by Gasteiger charge is 2.20. The first-order valence-corrected chi connectivity index (χ1v) is 6.84. The average molecular weight is 259 g/mol. The van der Waals surface area contributed by atoms with Crippen molar-refractivity contribution in [2.75, 3.05) is 0 Å². The summed E-state index contributed by atoms with van der Waals surface area (Å²) >= 11 is 0. The number of aromatic carboxylic acids is 1. The molecule has 0 amide bonds. The van der Waals surface area contributed by atoms with Crippen molar-refractivity contribution in [2.45, 2.75) is 46.6 Å². The quantitative estimate of drug-likeness (QED) is 0.895. The van der Waals surface area contributed by atoms with Crippen LogP contribution in [-0.4, -0.2) is 15.6 Å². The number of para-hydroxylation sites is 1. The summed E-state index contributed by atoms with van der Waals surface area (Å²) in [6, 6.07) is 5.83. The third-order valence-corrected chi connectivity index (χ3v) is 3.65. The molecule has 3 heteroatoms. The van der Waals surface area contributed by atoms with Crippen molar-refractivity contribution in [1.82, 2.24) is 4.57 Å². The van der Waals surface area contributed by atoms with Crippen LogP contribution in [0.5, 0.6) is 0 Å². The fourth-order valence-electron chi connectivity index (χ4n) is 2.94. The summed E-state index contributed by atoms with van der Waals surface area (Å²) in [5.74, 6) is -0.854. The SMILES string of the molecule is CCCc1c(C)n(C(C)C)c2c(C(=O)O)cccc12. The van der Waals surface area contributed by atoms with E-state index in [-0.39, 0.29) is 6.04 Å². The molecule has 0 saturated heterocycles. The van der Waals surface area contributed by atoms with E-state index in [1.54, 1.807) is 6.07 Å². The summed E-state index contributed by atoms with van der Waals surface area (Å²) in [5.41, 5.74) is 3.75. The maximum Gasteiger partial charge on any atom is 0.337 e. The number of aromatic nitrogens is 1. The predicted octanol–water partition coefficient (Wildman–Crippen LogP) is 4.18. The van der Waals surface area contributed by atoms with E-state index in [4.69, 9.17) is 0 Å². The van der Waals surface area contributed by atoms with Crippen molar-refractivity contribution in [3.05, 3.63) is 35.0 Å². The van der Waals surface area contributed by atoms with Crippen LogP contribution in [0, 0.1) is 6.92 Å². The number of rotatable bonds is 4. The van der Waals surface area contributed by atoms with Crippen LogP contribution in [0.3, 0.4) is 0 Å². The van der Waals surface area contributed by atoms with E-state index in [1.807, 2.05) is 12.1 Å². The highest BCUT2D eigenvalue weighted by molar-refractivity contribution is 6.04. The lowest BCUT2D eigenvalue weighted by atomic mass is 10.0. The second-order valence-corrected chi connectivity index (χ2v) is 5.28. The Morgan fingerprint density at radius 1 is 1.37 bits per heavy atom. The molecule has 0 aliphatic rings.